The van der Waals surface area contributed by atoms with Crippen molar-refractivity contribution in [2.24, 2.45) is 0 Å². The van der Waals surface area contributed by atoms with Gasteiger partial charge in [-0.3, -0.25) is 4.90 Å². The van der Waals surface area contributed by atoms with Crippen molar-refractivity contribution in [1.82, 2.24) is 25.1 Å². The number of phenols is 1. The van der Waals surface area contributed by atoms with E-state index in [2.05, 4.69) is 55.6 Å². The Balaban J connectivity index is 0.00000186. The molecule has 1 aliphatic rings. The molecule has 1 aliphatic heterocycles. The standard InChI is InChI=1S/C26H32N8O.C2H6/c1-3-32(4-2)14-7-11-24-28-13-12-25(29-24)34-16-8-15-33(17-18-34)22-19-21(30-31-26(22)27)20-9-5-6-10-23(20)35;1-2/h5-6,9-10,12-13,19,35H,3-4,8,14-18H2,1-2H3,(H2,27,31);1-2H3. The lowest BCUT2D eigenvalue weighted by molar-refractivity contribution is 0.342. The maximum atomic E-state index is 10.2. The number of aromatic hydroxyl groups is 1. The van der Waals surface area contributed by atoms with Crippen LogP contribution in [0.1, 0.15) is 39.9 Å². The first-order chi connectivity index (χ1) is 18.1. The Morgan fingerprint density at radius 2 is 1.73 bits per heavy atom. The van der Waals surface area contributed by atoms with Gasteiger partial charge in [0.1, 0.15) is 11.6 Å². The number of nitrogens with two attached hydrogens (primary N) is 1. The number of benzene rings is 1. The van der Waals surface area contributed by atoms with Crippen molar-refractivity contribution < 1.29 is 5.11 Å². The molecule has 3 aromatic rings. The number of nitrogens with zero attached hydrogens (tertiary/aromatic N) is 7. The monoisotopic (exact) mass is 502 g/mol. The van der Waals surface area contributed by atoms with Crippen LogP contribution in [0.15, 0.2) is 42.6 Å². The molecule has 0 unspecified atom stereocenters. The molecular formula is C28H38N8O. The van der Waals surface area contributed by atoms with Crippen molar-refractivity contribution in [2.45, 2.75) is 34.1 Å². The van der Waals surface area contributed by atoms with E-state index in [1.54, 1.807) is 18.3 Å². The molecular weight excluding hydrogens is 464 g/mol. The fourth-order valence-electron chi connectivity index (χ4n) is 4.12. The average Bonchev–Trinajstić information content (AvgIpc) is 3.20. The molecule has 2 aromatic heterocycles. The molecule has 0 amide bonds. The summed E-state index contributed by atoms with van der Waals surface area (Å²) in [6.45, 7) is 14.1. The van der Waals surface area contributed by atoms with Gasteiger partial charge in [-0.25, -0.2) is 9.97 Å². The summed E-state index contributed by atoms with van der Waals surface area (Å²) in [5.41, 5.74) is 8.26. The SMILES string of the molecule is CC.CCN(CC)CC#Cc1nccc(N2CCCN(c3cc(-c4ccccc4O)nnc3N)CC2)n1. The Labute approximate surface area is 220 Å². The predicted molar refractivity (Wildman–Crippen MR) is 151 cm³/mol. The highest BCUT2D eigenvalue weighted by molar-refractivity contribution is 5.74. The summed E-state index contributed by atoms with van der Waals surface area (Å²) < 4.78 is 0. The topological polar surface area (TPSA) is 108 Å². The molecule has 196 valence electrons. The zero-order valence-corrected chi connectivity index (χ0v) is 22.4. The second-order valence-corrected chi connectivity index (χ2v) is 8.35. The minimum absolute atomic E-state index is 0.166. The van der Waals surface area contributed by atoms with E-state index in [9.17, 15) is 5.11 Å². The van der Waals surface area contributed by atoms with Gasteiger partial charge in [-0.2, -0.15) is 0 Å². The van der Waals surface area contributed by atoms with Crippen LogP contribution in [0.3, 0.4) is 0 Å². The molecule has 9 nitrogen and oxygen atoms in total. The van der Waals surface area contributed by atoms with Crippen LogP contribution in [0.2, 0.25) is 0 Å². The van der Waals surface area contributed by atoms with E-state index in [0.717, 1.165) is 57.2 Å². The maximum absolute atomic E-state index is 10.2. The molecule has 0 spiro atoms. The maximum Gasteiger partial charge on any atom is 0.206 e. The lowest BCUT2D eigenvalue weighted by Crippen LogP contribution is -2.31. The molecule has 0 radical (unpaired) electrons. The Bertz CT molecular complexity index is 1200. The predicted octanol–water partition coefficient (Wildman–Crippen LogP) is 3.66. The largest absolute Gasteiger partial charge is 0.507 e. The number of phenolic OH excluding ortho intramolecular Hbond substituents is 1. The summed E-state index contributed by atoms with van der Waals surface area (Å²) in [7, 11) is 0. The molecule has 9 heteroatoms. The van der Waals surface area contributed by atoms with Gasteiger partial charge < -0.3 is 20.6 Å². The summed E-state index contributed by atoms with van der Waals surface area (Å²) >= 11 is 0. The van der Waals surface area contributed by atoms with Crippen molar-refractivity contribution in [3.8, 4) is 28.8 Å². The molecule has 3 heterocycles. The number of rotatable bonds is 6. The summed E-state index contributed by atoms with van der Waals surface area (Å²) in [6.07, 6.45) is 2.70. The Kier molecular flexibility index (Phi) is 10.5. The van der Waals surface area contributed by atoms with Crippen LogP contribution in [-0.2, 0) is 0 Å². The Hall–Kier alpha value is -3.90. The first-order valence-corrected chi connectivity index (χ1v) is 13.0. The molecule has 0 atom stereocenters. The van der Waals surface area contributed by atoms with E-state index in [-0.39, 0.29) is 5.75 Å². The van der Waals surface area contributed by atoms with E-state index in [4.69, 9.17) is 10.7 Å². The van der Waals surface area contributed by atoms with Crippen molar-refractivity contribution in [3.05, 3.63) is 48.4 Å². The van der Waals surface area contributed by atoms with E-state index < -0.39 is 0 Å². The Morgan fingerprint density at radius 3 is 2.49 bits per heavy atom. The van der Waals surface area contributed by atoms with Gasteiger partial charge in [0, 0.05) is 37.9 Å². The minimum atomic E-state index is 0.166. The average molecular weight is 503 g/mol. The van der Waals surface area contributed by atoms with Gasteiger partial charge in [0.05, 0.1) is 17.9 Å². The van der Waals surface area contributed by atoms with Crippen LogP contribution in [0, 0.1) is 11.8 Å². The smallest absolute Gasteiger partial charge is 0.206 e. The van der Waals surface area contributed by atoms with Gasteiger partial charge in [-0.05, 0) is 49.7 Å². The van der Waals surface area contributed by atoms with Gasteiger partial charge in [-0.1, -0.05) is 45.7 Å². The van der Waals surface area contributed by atoms with Gasteiger partial charge in [-0.15, -0.1) is 10.2 Å². The summed E-state index contributed by atoms with van der Waals surface area (Å²) in [5.74, 6) is 8.26. The van der Waals surface area contributed by atoms with Crippen LogP contribution in [0.5, 0.6) is 5.75 Å². The third-order valence-electron chi connectivity index (χ3n) is 6.18. The number of hydrogen-bond acceptors (Lipinski definition) is 9. The number of anilines is 3. The molecule has 37 heavy (non-hydrogen) atoms. The van der Waals surface area contributed by atoms with Crippen molar-refractivity contribution in [2.75, 3.05) is 61.3 Å². The zero-order valence-electron chi connectivity index (χ0n) is 22.4. The van der Waals surface area contributed by atoms with Crippen LogP contribution in [0.4, 0.5) is 17.3 Å². The van der Waals surface area contributed by atoms with Crippen molar-refractivity contribution in [1.29, 1.82) is 0 Å². The first kappa shape index (κ1) is 27.7. The number of para-hydroxylation sites is 1. The highest BCUT2D eigenvalue weighted by Gasteiger charge is 2.20. The lowest BCUT2D eigenvalue weighted by atomic mass is 10.1. The first-order valence-electron chi connectivity index (χ1n) is 13.0. The van der Waals surface area contributed by atoms with Gasteiger partial charge in [0.25, 0.3) is 0 Å². The van der Waals surface area contributed by atoms with E-state index in [1.165, 1.54) is 0 Å². The minimum Gasteiger partial charge on any atom is -0.507 e. The van der Waals surface area contributed by atoms with Gasteiger partial charge >= 0.3 is 0 Å². The van der Waals surface area contributed by atoms with Crippen LogP contribution >= 0.6 is 0 Å². The number of aromatic nitrogens is 4. The third-order valence-corrected chi connectivity index (χ3v) is 6.18. The third kappa shape index (κ3) is 7.30. The zero-order chi connectivity index (χ0) is 26.6. The summed E-state index contributed by atoms with van der Waals surface area (Å²) in [5, 5.41) is 18.6. The lowest BCUT2D eigenvalue weighted by Gasteiger charge is -2.25. The summed E-state index contributed by atoms with van der Waals surface area (Å²) in [6, 6.07) is 10.9. The number of nitrogen functional groups attached to an aromatic ring is 1. The molecule has 1 aromatic carbocycles. The second kappa shape index (κ2) is 14.0. The number of hydrogen-bond donors (Lipinski definition) is 2. The van der Waals surface area contributed by atoms with Crippen molar-refractivity contribution in [3.63, 3.8) is 0 Å². The molecule has 0 bridgehead atoms. The fourth-order valence-corrected chi connectivity index (χ4v) is 4.12. The van der Waals surface area contributed by atoms with E-state index >= 15 is 0 Å². The van der Waals surface area contributed by atoms with Crippen molar-refractivity contribution >= 4 is 17.3 Å². The van der Waals surface area contributed by atoms with Crippen LogP contribution in [-0.4, -0.2) is 76.0 Å². The Morgan fingerprint density at radius 1 is 1.00 bits per heavy atom. The second-order valence-electron chi connectivity index (χ2n) is 8.35. The van der Waals surface area contributed by atoms with Crippen LogP contribution in [0.25, 0.3) is 11.3 Å². The fraction of sp³-hybridized carbons (Fsp3) is 0.429. The van der Waals surface area contributed by atoms with Gasteiger partial charge in [0.2, 0.25) is 5.82 Å². The quantitative estimate of drug-likeness (QED) is 0.488. The molecule has 4 rings (SSSR count). The van der Waals surface area contributed by atoms with Gasteiger partial charge in [0.15, 0.2) is 5.82 Å². The molecule has 0 saturated carbocycles. The van der Waals surface area contributed by atoms with E-state index in [0.29, 0.717) is 29.4 Å². The van der Waals surface area contributed by atoms with Crippen LogP contribution < -0.4 is 15.5 Å². The highest BCUT2D eigenvalue weighted by Crippen LogP contribution is 2.31. The molecule has 1 saturated heterocycles. The summed E-state index contributed by atoms with van der Waals surface area (Å²) in [4.78, 5) is 15.8. The van der Waals surface area contributed by atoms with E-state index in [1.807, 2.05) is 38.1 Å². The normalized spacial score (nSPS) is 13.3. The molecule has 3 N–H and O–H groups in total. The molecule has 1 fully saturated rings. The molecule has 0 aliphatic carbocycles. The highest BCUT2D eigenvalue weighted by atomic mass is 16.3.